The van der Waals surface area contributed by atoms with Crippen molar-refractivity contribution in [3.63, 3.8) is 0 Å². The summed E-state index contributed by atoms with van der Waals surface area (Å²) in [5.41, 5.74) is 8.06. The number of piperidine rings is 1. The van der Waals surface area contributed by atoms with Gasteiger partial charge < -0.3 is 16.0 Å². The second-order valence-electron chi connectivity index (χ2n) is 10.1. The third-order valence-electron chi connectivity index (χ3n) is 7.89. The molecular weight excluding hydrogens is 405 g/mol. The maximum absolute atomic E-state index is 13.0. The van der Waals surface area contributed by atoms with E-state index < -0.39 is 0 Å². The van der Waals surface area contributed by atoms with Crippen molar-refractivity contribution in [3.8, 4) is 0 Å². The first-order chi connectivity index (χ1) is 13.5. The number of rotatable bonds is 4. The molecule has 6 heteroatoms. The Morgan fingerprint density at radius 2 is 1.69 bits per heavy atom. The Kier molecular flexibility index (Phi) is 6.07. The van der Waals surface area contributed by atoms with E-state index in [1.54, 1.807) is 0 Å². The molecule has 5 fully saturated rings. The number of nitrogens with one attached hydrogen (secondary N) is 1. The maximum atomic E-state index is 13.0. The van der Waals surface area contributed by atoms with Gasteiger partial charge in [-0.15, -0.1) is 12.4 Å². The highest BCUT2D eigenvalue weighted by Crippen LogP contribution is 2.59. The molecule has 0 radical (unpaired) electrons. The van der Waals surface area contributed by atoms with E-state index in [1.165, 1.54) is 38.5 Å². The Hall–Kier alpha value is -0.970. The van der Waals surface area contributed by atoms with E-state index in [2.05, 4.69) is 10.2 Å². The van der Waals surface area contributed by atoms with Gasteiger partial charge in [-0.2, -0.15) is 0 Å². The van der Waals surface area contributed by atoms with Gasteiger partial charge in [-0.1, -0.05) is 11.6 Å². The van der Waals surface area contributed by atoms with Gasteiger partial charge in [0.05, 0.1) is 10.6 Å². The van der Waals surface area contributed by atoms with Crippen LogP contribution < -0.4 is 16.0 Å². The van der Waals surface area contributed by atoms with Gasteiger partial charge in [-0.05, 0) is 92.7 Å². The molecule has 1 saturated heterocycles. The summed E-state index contributed by atoms with van der Waals surface area (Å²) in [6.45, 7) is 2.70. The summed E-state index contributed by atoms with van der Waals surface area (Å²) in [5, 5.41) is 3.81. The number of hydrogen-bond acceptors (Lipinski definition) is 3. The third kappa shape index (κ3) is 4.26. The summed E-state index contributed by atoms with van der Waals surface area (Å²) in [6, 6.07) is 6.15. The Bertz CT molecular complexity index is 725. The average Bonchev–Trinajstić information content (AvgIpc) is 2.66. The van der Waals surface area contributed by atoms with Gasteiger partial charge in [0.25, 0.3) is 5.91 Å². The van der Waals surface area contributed by atoms with Gasteiger partial charge in [0.2, 0.25) is 0 Å². The minimum absolute atomic E-state index is 0. The minimum Gasteiger partial charge on any atom is -0.371 e. The largest absolute Gasteiger partial charge is 0.371 e. The van der Waals surface area contributed by atoms with E-state index in [-0.39, 0.29) is 18.3 Å². The monoisotopic (exact) mass is 437 g/mol. The molecule has 160 valence electrons. The zero-order valence-electron chi connectivity index (χ0n) is 17.0. The lowest BCUT2D eigenvalue weighted by Crippen LogP contribution is -2.51. The zero-order valence-corrected chi connectivity index (χ0v) is 18.6. The molecule has 4 aliphatic carbocycles. The number of hydrogen-bond donors (Lipinski definition) is 2. The van der Waals surface area contributed by atoms with Crippen LogP contribution in [0.2, 0.25) is 5.02 Å². The number of halogens is 2. The molecule has 0 atom stereocenters. The molecule has 1 aromatic rings. The molecule has 1 aliphatic heterocycles. The fourth-order valence-electron chi connectivity index (χ4n) is 6.91. The predicted octanol–water partition coefficient (Wildman–Crippen LogP) is 4.64. The second-order valence-corrected chi connectivity index (χ2v) is 10.5. The summed E-state index contributed by atoms with van der Waals surface area (Å²) in [6.07, 6.45) is 10.2. The van der Waals surface area contributed by atoms with E-state index in [1.807, 2.05) is 18.2 Å². The summed E-state index contributed by atoms with van der Waals surface area (Å²) < 4.78 is 0. The first-order valence-electron chi connectivity index (χ1n) is 11.1. The van der Waals surface area contributed by atoms with Crippen molar-refractivity contribution in [1.82, 2.24) is 5.32 Å². The van der Waals surface area contributed by atoms with Gasteiger partial charge in [-0.25, -0.2) is 0 Å². The molecule has 1 aromatic carbocycles. The number of nitrogens with zero attached hydrogens (tertiary/aromatic N) is 1. The highest BCUT2D eigenvalue weighted by molar-refractivity contribution is 6.34. The molecule has 0 spiro atoms. The third-order valence-corrected chi connectivity index (χ3v) is 8.22. The van der Waals surface area contributed by atoms with Crippen LogP contribution in [0.1, 0.15) is 61.7 Å². The highest BCUT2D eigenvalue weighted by atomic mass is 35.5. The van der Waals surface area contributed by atoms with Crippen LogP contribution in [0.4, 0.5) is 5.69 Å². The average molecular weight is 438 g/mol. The normalized spacial score (nSPS) is 33.4. The summed E-state index contributed by atoms with van der Waals surface area (Å²) >= 11 is 6.41. The molecular formula is C23H33Cl2N3O. The van der Waals surface area contributed by atoms with Gasteiger partial charge in [0.15, 0.2) is 0 Å². The van der Waals surface area contributed by atoms with E-state index in [9.17, 15) is 4.79 Å². The molecule has 1 heterocycles. The number of anilines is 1. The van der Waals surface area contributed by atoms with E-state index in [4.69, 9.17) is 17.3 Å². The first kappa shape index (κ1) is 21.3. The smallest absolute Gasteiger partial charge is 0.252 e. The van der Waals surface area contributed by atoms with Crippen LogP contribution in [0.3, 0.4) is 0 Å². The van der Waals surface area contributed by atoms with Crippen LogP contribution in [0.15, 0.2) is 18.2 Å². The van der Waals surface area contributed by atoms with Crippen molar-refractivity contribution in [2.75, 3.05) is 24.5 Å². The highest BCUT2D eigenvalue weighted by Gasteiger charge is 2.50. The van der Waals surface area contributed by atoms with Crippen molar-refractivity contribution < 1.29 is 4.79 Å². The van der Waals surface area contributed by atoms with Crippen LogP contribution in [0.25, 0.3) is 0 Å². The summed E-state index contributed by atoms with van der Waals surface area (Å²) in [4.78, 5) is 15.3. The molecule has 4 nitrogen and oxygen atoms in total. The van der Waals surface area contributed by atoms with Gasteiger partial charge in [-0.3, -0.25) is 4.79 Å². The van der Waals surface area contributed by atoms with Crippen molar-refractivity contribution in [2.24, 2.45) is 28.9 Å². The number of benzene rings is 1. The van der Waals surface area contributed by atoms with E-state index in [0.29, 0.717) is 22.0 Å². The molecule has 1 amide bonds. The quantitative estimate of drug-likeness (QED) is 0.721. The number of carbonyl (C=O) groups excluding carboxylic acids is 1. The Balaban J connectivity index is 0.00000205. The standard InChI is InChI=1S/C23H32ClN3O.ClH/c24-21-2-1-19(27-5-3-18(25)4-6-27)10-20(21)22(28)26-14-23-11-15-7-16(12-23)9-17(8-15)13-23;/h1-2,10,15-18H,3-9,11-14,25H2,(H,26,28);1H. The maximum Gasteiger partial charge on any atom is 0.252 e. The molecule has 4 bridgehead atoms. The summed E-state index contributed by atoms with van der Waals surface area (Å²) in [7, 11) is 0. The minimum atomic E-state index is -0.0173. The molecule has 0 unspecified atom stereocenters. The van der Waals surface area contributed by atoms with Gasteiger partial charge in [0.1, 0.15) is 0 Å². The topological polar surface area (TPSA) is 58.4 Å². The van der Waals surface area contributed by atoms with Crippen LogP contribution in [-0.2, 0) is 0 Å². The Morgan fingerprint density at radius 3 is 2.28 bits per heavy atom. The van der Waals surface area contributed by atoms with Crippen LogP contribution in [0.5, 0.6) is 0 Å². The molecule has 6 rings (SSSR count). The zero-order chi connectivity index (χ0) is 19.3. The molecule has 5 aliphatic rings. The lowest BCUT2D eigenvalue weighted by molar-refractivity contribution is -0.0503. The lowest BCUT2D eigenvalue weighted by atomic mass is 9.49. The SMILES string of the molecule is Cl.NC1CCN(c2ccc(Cl)c(C(=O)NCC34CC5CC(CC(C5)C3)C4)c2)CC1. The predicted molar refractivity (Wildman–Crippen MR) is 121 cm³/mol. The van der Waals surface area contributed by atoms with Crippen molar-refractivity contribution in [2.45, 2.75) is 57.4 Å². The molecule has 29 heavy (non-hydrogen) atoms. The summed E-state index contributed by atoms with van der Waals surface area (Å²) in [5.74, 6) is 2.69. The molecule has 3 N–H and O–H groups in total. The number of nitrogens with two attached hydrogens (primary N) is 1. The van der Waals surface area contributed by atoms with Crippen LogP contribution in [0, 0.1) is 23.2 Å². The Labute approximate surface area is 185 Å². The van der Waals surface area contributed by atoms with Crippen molar-refractivity contribution in [3.05, 3.63) is 28.8 Å². The van der Waals surface area contributed by atoms with Crippen LogP contribution in [-0.4, -0.2) is 31.6 Å². The fourth-order valence-corrected chi connectivity index (χ4v) is 7.11. The molecule has 0 aromatic heterocycles. The van der Waals surface area contributed by atoms with E-state index >= 15 is 0 Å². The molecule has 4 saturated carbocycles. The lowest BCUT2D eigenvalue weighted by Gasteiger charge is -2.56. The fraction of sp³-hybridized carbons (Fsp3) is 0.696. The van der Waals surface area contributed by atoms with Crippen LogP contribution >= 0.6 is 24.0 Å². The first-order valence-corrected chi connectivity index (χ1v) is 11.5. The van der Waals surface area contributed by atoms with Gasteiger partial charge in [0, 0.05) is 31.4 Å². The number of carbonyl (C=O) groups is 1. The van der Waals surface area contributed by atoms with E-state index in [0.717, 1.165) is 55.9 Å². The van der Waals surface area contributed by atoms with Gasteiger partial charge >= 0.3 is 0 Å². The second kappa shape index (κ2) is 8.28. The van der Waals surface area contributed by atoms with Crippen molar-refractivity contribution in [1.29, 1.82) is 0 Å². The van der Waals surface area contributed by atoms with Crippen molar-refractivity contribution >= 4 is 35.6 Å². The number of amides is 1. The Morgan fingerprint density at radius 1 is 1.10 bits per heavy atom.